The van der Waals surface area contributed by atoms with Crippen LogP contribution in [0.25, 0.3) is 0 Å². The molecule has 0 saturated carbocycles. The van der Waals surface area contributed by atoms with Crippen LogP contribution in [0.2, 0.25) is 0 Å². The Bertz CT molecular complexity index is 512. The molecule has 6 nitrogen and oxygen atoms in total. The van der Waals surface area contributed by atoms with E-state index in [1.54, 1.807) is 6.07 Å². The van der Waals surface area contributed by atoms with Crippen LogP contribution in [0, 0.1) is 0 Å². The van der Waals surface area contributed by atoms with Crippen LogP contribution in [0.5, 0.6) is 5.75 Å². The highest BCUT2D eigenvalue weighted by molar-refractivity contribution is 5.97. The Morgan fingerprint density at radius 1 is 1.35 bits per heavy atom. The Hall–Kier alpha value is -1.95. The lowest BCUT2D eigenvalue weighted by Gasteiger charge is -2.21. The second kappa shape index (κ2) is 5.58. The number of nitrogens with two attached hydrogens (primary N) is 1. The summed E-state index contributed by atoms with van der Waals surface area (Å²) in [6.07, 6.45) is 2.59. The van der Waals surface area contributed by atoms with Crippen molar-refractivity contribution in [2.45, 2.75) is 12.8 Å². The quantitative estimate of drug-likeness (QED) is 0.718. The monoisotopic (exact) mass is 276 g/mol. The van der Waals surface area contributed by atoms with Crippen molar-refractivity contribution in [1.29, 1.82) is 0 Å². The highest BCUT2D eigenvalue weighted by Gasteiger charge is 2.18. The Morgan fingerprint density at radius 3 is 2.95 bits per heavy atom. The molecule has 1 fully saturated rings. The van der Waals surface area contributed by atoms with Crippen LogP contribution < -0.4 is 21.1 Å². The molecule has 2 aliphatic heterocycles. The number of nitrogen functional groups attached to an aromatic ring is 1. The molecule has 2 aliphatic rings. The fourth-order valence-electron chi connectivity index (χ4n) is 2.65. The third kappa shape index (κ3) is 2.80. The molecule has 1 amide bonds. The molecule has 0 radical (unpaired) electrons. The minimum Gasteiger partial charge on any atom is -0.482 e. The predicted molar refractivity (Wildman–Crippen MR) is 79.1 cm³/mol. The van der Waals surface area contributed by atoms with Gasteiger partial charge in [0.2, 0.25) is 0 Å². The van der Waals surface area contributed by atoms with Crippen molar-refractivity contribution in [3.63, 3.8) is 0 Å². The molecule has 0 aromatic heterocycles. The van der Waals surface area contributed by atoms with E-state index >= 15 is 0 Å². The summed E-state index contributed by atoms with van der Waals surface area (Å²) in [5.74, 6) is 0.498. The fourth-order valence-corrected chi connectivity index (χ4v) is 2.65. The third-order valence-corrected chi connectivity index (χ3v) is 3.73. The van der Waals surface area contributed by atoms with Gasteiger partial charge in [0.05, 0.1) is 17.1 Å². The van der Waals surface area contributed by atoms with Crippen LogP contribution >= 0.6 is 0 Å². The zero-order valence-electron chi connectivity index (χ0n) is 11.4. The molecule has 1 aromatic carbocycles. The van der Waals surface area contributed by atoms with Crippen LogP contribution in [0.15, 0.2) is 12.1 Å². The number of rotatable bonds is 4. The smallest absolute Gasteiger partial charge is 0.262 e. The Labute approximate surface area is 118 Å². The molecule has 1 aromatic rings. The lowest BCUT2D eigenvalue weighted by molar-refractivity contribution is -0.118. The van der Waals surface area contributed by atoms with Gasteiger partial charge in [-0.15, -0.1) is 0 Å². The SMILES string of the molecule is Nc1cc2c(cc1NCCN1CCCC1)NC(=O)CO2. The summed E-state index contributed by atoms with van der Waals surface area (Å²) >= 11 is 0. The van der Waals surface area contributed by atoms with Gasteiger partial charge in [-0.05, 0) is 32.0 Å². The van der Waals surface area contributed by atoms with Gasteiger partial charge in [-0.3, -0.25) is 4.79 Å². The number of hydrogen-bond donors (Lipinski definition) is 3. The largest absolute Gasteiger partial charge is 0.482 e. The number of benzene rings is 1. The van der Waals surface area contributed by atoms with Gasteiger partial charge in [0.25, 0.3) is 5.91 Å². The molecule has 0 spiro atoms. The van der Waals surface area contributed by atoms with Crippen molar-refractivity contribution in [1.82, 2.24) is 4.90 Å². The maximum Gasteiger partial charge on any atom is 0.262 e. The number of likely N-dealkylation sites (tertiary alicyclic amines) is 1. The average molecular weight is 276 g/mol. The van der Waals surface area contributed by atoms with Gasteiger partial charge in [-0.25, -0.2) is 0 Å². The minimum absolute atomic E-state index is 0.0498. The minimum atomic E-state index is -0.134. The normalized spacial score (nSPS) is 18.3. The summed E-state index contributed by atoms with van der Waals surface area (Å²) in [7, 11) is 0. The van der Waals surface area contributed by atoms with E-state index in [2.05, 4.69) is 15.5 Å². The molecule has 6 heteroatoms. The van der Waals surface area contributed by atoms with Gasteiger partial charge in [0.15, 0.2) is 6.61 Å². The highest BCUT2D eigenvalue weighted by Crippen LogP contribution is 2.35. The molecule has 20 heavy (non-hydrogen) atoms. The van der Waals surface area contributed by atoms with Crippen molar-refractivity contribution in [2.75, 3.05) is 49.2 Å². The fraction of sp³-hybridized carbons (Fsp3) is 0.500. The highest BCUT2D eigenvalue weighted by atomic mass is 16.5. The van der Waals surface area contributed by atoms with E-state index in [9.17, 15) is 4.79 Å². The number of fused-ring (bicyclic) bond motifs is 1. The van der Waals surface area contributed by atoms with E-state index in [-0.39, 0.29) is 12.5 Å². The number of ether oxygens (including phenoxy) is 1. The van der Waals surface area contributed by atoms with E-state index < -0.39 is 0 Å². The van der Waals surface area contributed by atoms with Crippen LogP contribution in [0.4, 0.5) is 17.1 Å². The van der Waals surface area contributed by atoms with Crippen molar-refractivity contribution in [3.05, 3.63) is 12.1 Å². The first-order chi connectivity index (χ1) is 9.72. The van der Waals surface area contributed by atoms with Gasteiger partial charge in [0.1, 0.15) is 5.75 Å². The van der Waals surface area contributed by atoms with E-state index in [1.807, 2.05) is 6.07 Å². The lowest BCUT2D eigenvalue weighted by Crippen LogP contribution is -2.27. The first-order valence-electron chi connectivity index (χ1n) is 7.05. The summed E-state index contributed by atoms with van der Waals surface area (Å²) in [6.45, 7) is 4.28. The maximum atomic E-state index is 11.3. The Kier molecular flexibility index (Phi) is 3.64. The zero-order valence-corrected chi connectivity index (χ0v) is 11.4. The average Bonchev–Trinajstić information content (AvgIpc) is 2.93. The number of hydrogen-bond acceptors (Lipinski definition) is 5. The van der Waals surface area contributed by atoms with Gasteiger partial charge in [-0.2, -0.15) is 0 Å². The first kappa shape index (κ1) is 13.1. The van der Waals surface area contributed by atoms with Crippen LogP contribution in [0.3, 0.4) is 0 Å². The molecule has 4 N–H and O–H groups in total. The van der Waals surface area contributed by atoms with Crippen molar-refractivity contribution in [3.8, 4) is 5.75 Å². The van der Waals surface area contributed by atoms with Gasteiger partial charge in [0, 0.05) is 19.2 Å². The number of anilines is 3. The number of carbonyl (C=O) groups is 1. The Morgan fingerprint density at radius 2 is 2.15 bits per heavy atom. The van der Waals surface area contributed by atoms with E-state index in [0.29, 0.717) is 17.1 Å². The first-order valence-corrected chi connectivity index (χ1v) is 7.05. The second-order valence-corrected chi connectivity index (χ2v) is 5.25. The van der Waals surface area contributed by atoms with Crippen molar-refractivity contribution in [2.24, 2.45) is 0 Å². The van der Waals surface area contributed by atoms with E-state index in [4.69, 9.17) is 10.5 Å². The van der Waals surface area contributed by atoms with Gasteiger partial charge in [-0.1, -0.05) is 0 Å². The molecule has 2 heterocycles. The predicted octanol–water partition coefficient (Wildman–Crippen LogP) is 1.11. The summed E-state index contributed by atoms with van der Waals surface area (Å²) in [4.78, 5) is 13.8. The summed E-state index contributed by atoms with van der Waals surface area (Å²) in [5.41, 5.74) is 8.17. The maximum absolute atomic E-state index is 11.3. The molecular formula is C14H20N4O2. The van der Waals surface area contributed by atoms with Crippen LogP contribution in [-0.4, -0.2) is 43.6 Å². The molecular weight excluding hydrogens is 256 g/mol. The zero-order chi connectivity index (χ0) is 13.9. The molecule has 3 rings (SSSR count). The van der Waals surface area contributed by atoms with E-state index in [1.165, 1.54) is 25.9 Å². The molecule has 108 valence electrons. The summed E-state index contributed by atoms with van der Waals surface area (Å²) < 4.78 is 5.33. The molecule has 0 bridgehead atoms. The lowest BCUT2D eigenvalue weighted by atomic mass is 10.2. The van der Waals surface area contributed by atoms with Gasteiger partial charge >= 0.3 is 0 Å². The van der Waals surface area contributed by atoms with Crippen molar-refractivity contribution < 1.29 is 9.53 Å². The standard InChI is InChI=1S/C14H20N4O2/c15-10-7-13-12(17-14(19)9-20-13)8-11(10)16-3-6-18-4-1-2-5-18/h7-8,16H,1-6,9,15H2,(H,17,19). The number of amides is 1. The third-order valence-electron chi connectivity index (χ3n) is 3.73. The number of carbonyl (C=O) groups excluding carboxylic acids is 1. The topological polar surface area (TPSA) is 79.6 Å². The number of nitrogens with zero attached hydrogens (tertiary/aromatic N) is 1. The number of nitrogens with one attached hydrogen (secondary N) is 2. The summed E-state index contributed by atoms with van der Waals surface area (Å²) in [6, 6.07) is 3.60. The van der Waals surface area contributed by atoms with Crippen LogP contribution in [0.1, 0.15) is 12.8 Å². The summed E-state index contributed by atoms with van der Waals surface area (Å²) in [5, 5.41) is 6.12. The molecule has 0 aliphatic carbocycles. The van der Waals surface area contributed by atoms with Crippen LogP contribution in [-0.2, 0) is 4.79 Å². The molecule has 0 atom stereocenters. The van der Waals surface area contributed by atoms with Crippen molar-refractivity contribution >= 4 is 23.0 Å². The molecule has 0 unspecified atom stereocenters. The Balaban J connectivity index is 1.63. The molecule has 1 saturated heterocycles. The second-order valence-electron chi connectivity index (χ2n) is 5.25. The van der Waals surface area contributed by atoms with Gasteiger partial charge < -0.3 is 26.0 Å². The van der Waals surface area contributed by atoms with E-state index in [0.717, 1.165) is 18.8 Å².